The Balaban J connectivity index is 2.71. The molecule has 0 radical (unpaired) electrons. The molecule has 0 bridgehead atoms. The molecule has 3 nitrogen and oxygen atoms in total. The van der Waals surface area contributed by atoms with Crippen LogP contribution in [0.4, 0.5) is 4.39 Å². The standard InChI is InChI=1S/C13H21ClFN3/c1-3-18(4-2)8-7-13(17-16)11-6-5-10(14)9-12(11)15/h5-6,9,13,17H,3-4,7-8,16H2,1-2H3. The Kier molecular flexibility index (Phi) is 6.57. The maximum atomic E-state index is 13.8. The molecule has 0 aliphatic heterocycles. The van der Waals surface area contributed by atoms with Crippen molar-refractivity contribution in [1.82, 2.24) is 10.3 Å². The van der Waals surface area contributed by atoms with Gasteiger partial charge >= 0.3 is 0 Å². The molecule has 1 unspecified atom stereocenters. The van der Waals surface area contributed by atoms with Crippen LogP contribution in [-0.4, -0.2) is 24.5 Å². The van der Waals surface area contributed by atoms with Gasteiger partial charge < -0.3 is 4.90 Å². The van der Waals surface area contributed by atoms with E-state index in [1.807, 2.05) is 0 Å². The summed E-state index contributed by atoms with van der Waals surface area (Å²) in [6, 6.07) is 4.49. The van der Waals surface area contributed by atoms with Crippen LogP contribution in [0.3, 0.4) is 0 Å². The van der Waals surface area contributed by atoms with Gasteiger partial charge in [-0.05, 0) is 38.2 Å². The normalized spacial score (nSPS) is 13.0. The van der Waals surface area contributed by atoms with E-state index in [0.717, 1.165) is 26.1 Å². The Bertz CT molecular complexity index is 369. The quantitative estimate of drug-likeness (QED) is 0.593. The fourth-order valence-corrected chi connectivity index (χ4v) is 2.12. The van der Waals surface area contributed by atoms with E-state index >= 15 is 0 Å². The van der Waals surface area contributed by atoms with E-state index in [2.05, 4.69) is 24.2 Å². The zero-order valence-corrected chi connectivity index (χ0v) is 11.7. The minimum atomic E-state index is -0.315. The molecule has 5 heteroatoms. The maximum Gasteiger partial charge on any atom is 0.129 e. The van der Waals surface area contributed by atoms with E-state index in [0.29, 0.717) is 10.6 Å². The van der Waals surface area contributed by atoms with Crippen LogP contribution in [0.2, 0.25) is 5.02 Å². The second kappa shape index (κ2) is 7.69. The molecule has 1 aromatic carbocycles. The summed E-state index contributed by atoms with van der Waals surface area (Å²) in [7, 11) is 0. The molecule has 1 rings (SSSR count). The SMILES string of the molecule is CCN(CC)CCC(NN)c1ccc(Cl)cc1F. The average Bonchev–Trinajstić information content (AvgIpc) is 2.36. The fourth-order valence-electron chi connectivity index (χ4n) is 1.96. The van der Waals surface area contributed by atoms with Gasteiger partial charge in [0.1, 0.15) is 5.82 Å². The zero-order chi connectivity index (χ0) is 13.5. The van der Waals surface area contributed by atoms with Crippen molar-refractivity contribution in [2.45, 2.75) is 26.3 Å². The molecular weight excluding hydrogens is 253 g/mol. The first-order valence-corrected chi connectivity index (χ1v) is 6.63. The number of nitrogens with zero attached hydrogens (tertiary/aromatic N) is 1. The van der Waals surface area contributed by atoms with Crippen molar-refractivity contribution in [2.24, 2.45) is 5.84 Å². The highest BCUT2D eigenvalue weighted by Crippen LogP contribution is 2.22. The molecule has 0 amide bonds. The Morgan fingerprint density at radius 3 is 2.56 bits per heavy atom. The van der Waals surface area contributed by atoms with Gasteiger partial charge in [0.15, 0.2) is 0 Å². The van der Waals surface area contributed by atoms with Gasteiger partial charge in [0.25, 0.3) is 0 Å². The Morgan fingerprint density at radius 2 is 2.06 bits per heavy atom. The summed E-state index contributed by atoms with van der Waals surface area (Å²) in [6.07, 6.45) is 0.761. The molecule has 0 fully saturated rings. The first-order chi connectivity index (χ1) is 8.62. The van der Waals surface area contributed by atoms with Gasteiger partial charge in [-0.1, -0.05) is 31.5 Å². The lowest BCUT2D eigenvalue weighted by atomic mass is 10.0. The topological polar surface area (TPSA) is 41.3 Å². The summed E-state index contributed by atoms with van der Waals surface area (Å²) in [5.74, 6) is 5.20. The number of hydrogen-bond donors (Lipinski definition) is 2. The Morgan fingerprint density at radius 1 is 1.39 bits per heavy atom. The third-order valence-corrected chi connectivity index (χ3v) is 3.40. The average molecular weight is 274 g/mol. The number of hydrazine groups is 1. The highest BCUT2D eigenvalue weighted by atomic mass is 35.5. The van der Waals surface area contributed by atoms with Crippen LogP contribution in [0.5, 0.6) is 0 Å². The molecule has 0 spiro atoms. The summed E-state index contributed by atoms with van der Waals surface area (Å²) >= 11 is 5.74. The van der Waals surface area contributed by atoms with Crippen molar-refractivity contribution in [3.05, 3.63) is 34.6 Å². The lowest BCUT2D eigenvalue weighted by Gasteiger charge is -2.22. The number of hydrogen-bond acceptors (Lipinski definition) is 3. The predicted molar refractivity (Wildman–Crippen MR) is 73.9 cm³/mol. The highest BCUT2D eigenvalue weighted by Gasteiger charge is 2.15. The van der Waals surface area contributed by atoms with E-state index in [4.69, 9.17) is 17.4 Å². The van der Waals surface area contributed by atoms with Gasteiger partial charge in [-0.25, -0.2) is 4.39 Å². The van der Waals surface area contributed by atoms with Crippen molar-refractivity contribution in [3.8, 4) is 0 Å². The predicted octanol–water partition coefficient (Wildman–Crippen LogP) is 2.72. The number of nitrogens with one attached hydrogen (secondary N) is 1. The van der Waals surface area contributed by atoms with Gasteiger partial charge in [-0.15, -0.1) is 0 Å². The van der Waals surface area contributed by atoms with Gasteiger partial charge in [0, 0.05) is 10.6 Å². The first-order valence-electron chi connectivity index (χ1n) is 6.25. The summed E-state index contributed by atoms with van der Waals surface area (Å²) in [6.45, 7) is 7.06. The minimum absolute atomic E-state index is 0.192. The molecule has 0 saturated carbocycles. The monoisotopic (exact) mass is 273 g/mol. The highest BCUT2D eigenvalue weighted by molar-refractivity contribution is 6.30. The van der Waals surface area contributed by atoms with Crippen molar-refractivity contribution >= 4 is 11.6 Å². The second-order valence-corrected chi connectivity index (χ2v) is 4.64. The zero-order valence-electron chi connectivity index (χ0n) is 10.9. The molecule has 102 valence electrons. The molecule has 0 heterocycles. The lowest BCUT2D eigenvalue weighted by molar-refractivity contribution is 0.281. The van der Waals surface area contributed by atoms with E-state index < -0.39 is 0 Å². The van der Waals surface area contributed by atoms with Crippen LogP contribution >= 0.6 is 11.6 Å². The summed E-state index contributed by atoms with van der Waals surface area (Å²) < 4.78 is 13.8. The summed E-state index contributed by atoms with van der Waals surface area (Å²) in [4.78, 5) is 2.28. The van der Waals surface area contributed by atoms with Crippen LogP contribution in [0.1, 0.15) is 31.9 Å². The van der Waals surface area contributed by atoms with Crippen LogP contribution in [0, 0.1) is 5.82 Å². The number of halogens is 2. The Labute approximate surface area is 113 Å². The van der Waals surface area contributed by atoms with Crippen LogP contribution in [0.15, 0.2) is 18.2 Å². The van der Waals surface area contributed by atoms with E-state index in [1.54, 1.807) is 12.1 Å². The van der Waals surface area contributed by atoms with Crippen molar-refractivity contribution < 1.29 is 4.39 Å². The number of benzene rings is 1. The lowest BCUT2D eigenvalue weighted by Crippen LogP contribution is -2.33. The van der Waals surface area contributed by atoms with Crippen molar-refractivity contribution in [1.29, 1.82) is 0 Å². The van der Waals surface area contributed by atoms with Crippen LogP contribution in [0.25, 0.3) is 0 Å². The summed E-state index contributed by atoms with van der Waals surface area (Å²) in [5, 5.41) is 0.399. The largest absolute Gasteiger partial charge is 0.304 e. The smallest absolute Gasteiger partial charge is 0.129 e. The third kappa shape index (κ3) is 4.21. The van der Waals surface area contributed by atoms with Crippen LogP contribution < -0.4 is 11.3 Å². The third-order valence-electron chi connectivity index (χ3n) is 3.17. The molecule has 0 aliphatic carbocycles. The van der Waals surface area contributed by atoms with Gasteiger partial charge in [-0.3, -0.25) is 11.3 Å². The van der Waals surface area contributed by atoms with E-state index in [1.165, 1.54) is 6.07 Å². The molecule has 1 aromatic rings. The Hall–Kier alpha value is -0.680. The van der Waals surface area contributed by atoms with Crippen LogP contribution in [-0.2, 0) is 0 Å². The van der Waals surface area contributed by atoms with E-state index in [-0.39, 0.29) is 11.9 Å². The molecule has 0 saturated heterocycles. The molecule has 0 aliphatic rings. The molecular formula is C13H21ClFN3. The maximum absolute atomic E-state index is 13.8. The first kappa shape index (κ1) is 15.4. The molecule has 0 aromatic heterocycles. The molecule has 3 N–H and O–H groups in total. The second-order valence-electron chi connectivity index (χ2n) is 4.20. The van der Waals surface area contributed by atoms with E-state index in [9.17, 15) is 4.39 Å². The molecule has 18 heavy (non-hydrogen) atoms. The van der Waals surface area contributed by atoms with Gasteiger partial charge in [-0.2, -0.15) is 0 Å². The van der Waals surface area contributed by atoms with Gasteiger partial charge in [0.05, 0.1) is 6.04 Å². The van der Waals surface area contributed by atoms with Crippen molar-refractivity contribution in [2.75, 3.05) is 19.6 Å². The summed E-state index contributed by atoms with van der Waals surface area (Å²) in [5.41, 5.74) is 3.24. The van der Waals surface area contributed by atoms with Gasteiger partial charge in [0.2, 0.25) is 0 Å². The minimum Gasteiger partial charge on any atom is -0.304 e. The molecule has 1 atom stereocenters. The number of rotatable bonds is 7. The fraction of sp³-hybridized carbons (Fsp3) is 0.538. The number of nitrogens with two attached hydrogens (primary N) is 1. The van der Waals surface area contributed by atoms with Crippen molar-refractivity contribution in [3.63, 3.8) is 0 Å².